The fourth-order valence-electron chi connectivity index (χ4n) is 5.10. The number of aliphatic hydroxyl groups excluding tert-OH is 1. The second-order valence-corrected chi connectivity index (χ2v) is 11.0. The number of amides is 2. The zero-order valence-corrected chi connectivity index (χ0v) is 21.8. The van der Waals surface area contributed by atoms with E-state index in [9.17, 15) is 19.8 Å². The Morgan fingerprint density at radius 1 is 1.30 bits per heavy atom. The van der Waals surface area contributed by atoms with Crippen LogP contribution in [0.1, 0.15) is 50.1 Å². The third-order valence-electron chi connectivity index (χ3n) is 7.13. The van der Waals surface area contributed by atoms with Gasteiger partial charge in [0.2, 0.25) is 5.91 Å². The molecule has 0 aliphatic carbocycles. The number of hydrogen-bond acceptors (Lipinski definition) is 9. The molecule has 194 valence electrons. The van der Waals surface area contributed by atoms with Crippen molar-refractivity contribution in [1.29, 1.82) is 0 Å². The SMILES string of the molecule is Cc1ncsc1-c1ccc(C2(C)NC([C@H]3C[C@@H](O)CN3C(=O)C(c3cc(O)no3)C(C)C)=NC2=O)cc1. The van der Waals surface area contributed by atoms with Crippen molar-refractivity contribution in [3.05, 3.63) is 52.9 Å². The van der Waals surface area contributed by atoms with E-state index in [4.69, 9.17) is 4.52 Å². The molecule has 1 saturated heterocycles. The number of likely N-dealkylation sites (tertiary alicyclic amines) is 1. The number of aryl methyl sites for hydroxylation is 1. The number of aromatic hydroxyl groups is 1. The number of carbonyl (C=O) groups excluding carboxylic acids is 2. The zero-order valence-electron chi connectivity index (χ0n) is 21.0. The van der Waals surface area contributed by atoms with Gasteiger partial charge in [0.25, 0.3) is 11.8 Å². The quantitative estimate of drug-likeness (QED) is 0.448. The van der Waals surface area contributed by atoms with Gasteiger partial charge in [0.1, 0.15) is 17.3 Å². The molecule has 2 aliphatic rings. The first-order valence-corrected chi connectivity index (χ1v) is 13.0. The molecule has 2 aromatic heterocycles. The molecule has 0 saturated carbocycles. The van der Waals surface area contributed by atoms with Gasteiger partial charge in [-0.3, -0.25) is 9.59 Å². The van der Waals surface area contributed by atoms with Crippen LogP contribution in [-0.2, 0) is 15.1 Å². The molecule has 1 aromatic carbocycles. The van der Waals surface area contributed by atoms with Gasteiger partial charge in [0.15, 0.2) is 5.76 Å². The molecule has 1 fully saturated rings. The first-order valence-electron chi connectivity index (χ1n) is 12.1. The van der Waals surface area contributed by atoms with Crippen molar-refractivity contribution in [3.63, 3.8) is 0 Å². The van der Waals surface area contributed by atoms with E-state index in [0.29, 0.717) is 5.84 Å². The molecule has 3 aromatic rings. The number of aliphatic hydroxyl groups is 1. The van der Waals surface area contributed by atoms with E-state index in [1.807, 2.05) is 45.0 Å². The number of hydrogen-bond donors (Lipinski definition) is 3. The minimum absolute atomic E-state index is 0.0986. The molecule has 4 heterocycles. The Kier molecular flexibility index (Phi) is 6.36. The smallest absolute Gasteiger partial charge is 0.277 e. The number of thiazole rings is 1. The van der Waals surface area contributed by atoms with Gasteiger partial charge in [0.05, 0.1) is 28.2 Å². The van der Waals surface area contributed by atoms with Crippen LogP contribution in [0.2, 0.25) is 0 Å². The minimum Gasteiger partial charge on any atom is -0.491 e. The van der Waals surface area contributed by atoms with E-state index in [2.05, 4.69) is 20.4 Å². The maximum absolute atomic E-state index is 13.7. The number of aromatic nitrogens is 2. The highest BCUT2D eigenvalue weighted by Gasteiger charge is 2.48. The fourth-order valence-corrected chi connectivity index (χ4v) is 5.91. The molecule has 0 spiro atoms. The maximum atomic E-state index is 13.7. The van der Waals surface area contributed by atoms with Crippen LogP contribution in [0.25, 0.3) is 10.4 Å². The number of amidine groups is 1. The highest BCUT2D eigenvalue weighted by molar-refractivity contribution is 7.13. The molecule has 37 heavy (non-hydrogen) atoms. The number of β-amino-alcohol motifs (C(OH)–C–C–N with tert-alkyl or cyclic N) is 1. The van der Waals surface area contributed by atoms with Gasteiger partial charge in [-0.1, -0.05) is 38.1 Å². The average molecular weight is 524 g/mol. The second-order valence-electron chi connectivity index (χ2n) is 10.1. The van der Waals surface area contributed by atoms with E-state index in [-0.39, 0.29) is 42.3 Å². The van der Waals surface area contributed by atoms with Crippen molar-refractivity contribution in [1.82, 2.24) is 20.4 Å². The number of aliphatic imine (C=N–C) groups is 1. The summed E-state index contributed by atoms with van der Waals surface area (Å²) in [7, 11) is 0. The summed E-state index contributed by atoms with van der Waals surface area (Å²) < 4.78 is 5.19. The Bertz CT molecular complexity index is 1360. The molecule has 0 bridgehead atoms. The molecule has 2 aliphatic heterocycles. The maximum Gasteiger partial charge on any atom is 0.277 e. The lowest BCUT2D eigenvalue weighted by Gasteiger charge is -2.31. The lowest BCUT2D eigenvalue weighted by Crippen LogP contribution is -2.51. The lowest BCUT2D eigenvalue weighted by atomic mass is 9.90. The Labute approximate surface area is 218 Å². The average Bonchev–Trinajstić information content (AvgIpc) is 3.62. The van der Waals surface area contributed by atoms with Crippen LogP contribution in [0.3, 0.4) is 0 Å². The monoisotopic (exact) mass is 523 g/mol. The molecule has 2 amide bonds. The minimum atomic E-state index is -1.10. The summed E-state index contributed by atoms with van der Waals surface area (Å²) in [6, 6.07) is 8.44. The third-order valence-corrected chi connectivity index (χ3v) is 8.11. The normalized spacial score (nSPS) is 24.4. The topological polar surface area (TPSA) is 141 Å². The van der Waals surface area contributed by atoms with Gasteiger partial charge in [-0.05, 0) is 36.0 Å². The van der Waals surface area contributed by atoms with E-state index in [0.717, 1.165) is 21.7 Å². The van der Waals surface area contributed by atoms with Crippen molar-refractivity contribution in [2.45, 2.75) is 57.7 Å². The summed E-state index contributed by atoms with van der Waals surface area (Å²) in [5.41, 5.74) is 3.42. The van der Waals surface area contributed by atoms with Crippen LogP contribution in [0, 0.1) is 12.8 Å². The third kappa shape index (κ3) is 4.42. The first-order chi connectivity index (χ1) is 17.6. The predicted octanol–water partition coefficient (Wildman–Crippen LogP) is 2.96. The first kappa shape index (κ1) is 25.1. The van der Waals surface area contributed by atoms with Crippen molar-refractivity contribution in [3.8, 4) is 16.3 Å². The van der Waals surface area contributed by atoms with Crippen molar-refractivity contribution in [2.75, 3.05) is 6.54 Å². The second kappa shape index (κ2) is 9.38. The van der Waals surface area contributed by atoms with Crippen molar-refractivity contribution in [2.24, 2.45) is 10.9 Å². The molecule has 3 N–H and O–H groups in total. The Morgan fingerprint density at radius 3 is 2.62 bits per heavy atom. The largest absolute Gasteiger partial charge is 0.491 e. The van der Waals surface area contributed by atoms with Gasteiger partial charge in [-0.25, -0.2) is 4.98 Å². The van der Waals surface area contributed by atoms with Crippen LogP contribution < -0.4 is 5.32 Å². The molecule has 11 heteroatoms. The summed E-state index contributed by atoms with van der Waals surface area (Å²) >= 11 is 1.56. The Hall–Kier alpha value is -3.57. The summed E-state index contributed by atoms with van der Waals surface area (Å²) in [6.45, 7) is 7.56. The highest BCUT2D eigenvalue weighted by atomic mass is 32.1. The van der Waals surface area contributed by atoms with Crippen LogP contribution >= 0.6 is 11.3 Å². The van der Waals surface area contributed by atoms with E-state index in [1.54, 1.807) is 23.8 Å². The molecule has 0 radical (unpaired) electrons. The number of nitrogens with zero attached hydrogens (tertiary/aromatic N) is 4. The number of benzene rings is 1. The standard InChI is InChI=1S/C26H29N5O5S/c1-13(2)21(19-10-20(33)30-36-19)24(34)31-11-17(32)9-18(31)23-28-25(35)26(4,29-23)16-7-5-15(6-8-16)22-14(3)27-12-37-22/h5-8,10,12-13,17-18,21,32H,9,11H2,1-4H3,(H,30,33)(H,28,29,35)/t17-,18-,21?,26?/m1/s1. The molecule has 5 rings (SSSR count). The molecule has 10 nitrogen and oxygen atoms in total. The van der Waals surface area contributed by atoms with Crippen LogP contribution in [0.15, 0.2) is 45.4 Å². The molecular weight excluding hydrogens is 494 g/mol. The summed E-state index contributed by atoms with van der Waals surface area (Å²) in [5.74, 6) is -1.23. The number of rotatable bonds is 6. The van der Waals surface area contributed by atoms with Gasteiger partial charge >= 0.3 is 0 Å². The fraction of sp³-hybridized carbons (Fsp3) is 0.423. The highest BCUT2D eigenvalue weighted by Crippen LogP contribution is 2.35. The van der Waals surface area contributed by atoms with Gasteiger partial charge < -0.3 is 25.0 Å². The van der Waals surface area contributed by atoms with E-state index >= 15 is 0 Å². The van der Waals surface area contributed by atoms with Crippen LogP contribution in [-0.4, -0.2) is 61.6 Å². The summed E-state index contributed by atoms with van der Waals surface area (Å²) in [4.78, 5) is 38.1. The zero-order chi connectivity index (χ0) is 26.5. The van der Waals surface area contributed by atoms with Crippen LogP contribution in [0.4, 0.5) is 0 Å². The van der Waals surface area contributed by atoms with Crippen molar-refractivity contribution < 1.29 is 24.3 Å². The van der Waals surface area contributed by atoms with Crippen molar-refractivity contribution >= 4 is 29.0 Å². The van der Waals surface area contributed by atoms with Gasteiger partial charge in [-0.15, -0.1) is 11.3 Å². The molecule has 2 unspecified atom stereocenters. The molecular formula is C26H29N5O5S. The van der Waals surface area contributed by atoms with Gasteiger partial charge in [0, 0.05) is 19.0 Å². The number of carbonyl (C=O) groups is 2. The Morgan fingerprint density at radius 2 is 2.03 bits per heavy atom. The number of nitrogens with one attached hydrogen (secondary N) is 1. The lowest BCUT2D eigenvalue weighted by molar-refractivity contribution is -0.134. The summed E-state index contributed by atoms with van der Waals surface area (Å²) in [6.07, 6.45) is -0.518. The summed E-state index contributed by atoms with van der Waals surface area (Å²) in [5, 5.41) is 26.9. The predicted molar refractivity (Wildman–Crippen MR) is 137 cm³/mol. The van der Waals surface area contributed by atoms with E-state index in [1.165, 1.54) is 11.0 Å². The van der Waals surface area contributed by atoms with Gasteiger partial charge in [-0.2, -0.15) is 4.99 Å². The van der Waals surface area contributed by atoms with E-state index < -0.39 is 23.6 Å². The Balaban J connectivity index is 1.39. The molecule has 4 atom stereocenters. The van der Waals surface area contributed by atoms with Crippen LogP contribution in [0.5, 0.6) is 5.88 Å².